The maximum Gasteiger partial charge on any atom is 0.416 e. The number of hydrogen-bond acceptors (Lipinski definition) is 13. The first-order valence-corrected chi connectivity index (χ1v) is 42.8. The van der Waals surface area contributed by atoms with E-state index >= 15 is 0 Å². The molecule has 0 unspecified atom stereocenters. The van der Waals surface area contributed by atoms with Gasteiger partial charge in [0.15, 0.2) is 40.7 Å². The average Bonchev–Trinajstić information content (AvgIpc) is 1.59. The van der Waals surface area contributed by atoms with Crippen LogP contribution in [0.4, 0.5) is 21.0 Å². The van der Waals surface area contributed by atoms with Crippen LogP contribution < -0.4 is 20.4 Å². The predicted octanol–water partition coefficient (Wildman–Crippen LogP) is 17.0. The standard InChI is InChI=1S/C42H59N3O6Si.C41H57N3O7Si/c1-13-15-32-22-36-40(51-52(11,12)42(8,9)10)45(35-21-28(6)27(5)20-34(35)39(48)44(36)24-32)41(49)50-25-31-18-16-30(17-19-31)23-37(46)29(7)43-38(47)33(14-2)26(3)4;1-12-14-30-20-34-39(51-52(10,11)41(7,8)9)44(33-22-35(45)26(5)19-32(33)38(48)43(34)23-30)40(49)50-24-29-17-15-28(16-18-29)21-36(46)27(6)42-37(47)31(13-2)25(3)4/h13,15-21,24,26,29,33,36,40H,14,22-23,25H2,1-12H3,(H,43,47);12,14-19,22-23,25,27,31,34,39,45H,13,20-21,24H2,1-11H3,(H,42,47)/b15-13+;14-12+/t29-,33-,36-,40-;27-,31-,34-,39-/m00/s1. The van der Waals surface area contributed by atoms with E-state index in [0.29, 0.717) is 41.6 Å². The van der Waals surface area contributed by atoms with E-state index in [1.54, 1.807) is 53.7 Å². The minimum absolute atomic E-state index is 0.0129. The molecule has 6 amide bonds. The molecule has 0 saturated carbocycles. The van der Waals surface area contributed by atoms with E-state index in [1.807, 2.05) is 154 Å². The van der Waals surface area contributed by atoms with Crippen LogP contribution in [0.15, 0.2) is 121 Å². The van der Waals surface area contributed by atoms with Crippen molar-refractivity contribution >= 4 is 75.4 Å². The lowest BCUT2D eigenvalue weighted by molar-refractivity contribution is -0.130. The Morgan fingerprint density at radius 3 is 1.21 bits per heavy atom. The number of aromatic hydroxyl groups is 1. The van der Waals surface area contributed by atoms with Gasteiger partial charge in [-0.25, -0.2) is 19.4 Å². The Balaban J connectivity index is 0.000000291. The maximum absolute atomic E-state index is 14.4. The molecule has 4 aliphatic rings. The molecule has 4 aliphatic heterocycles. The lowest BCUT2D eigenvalue weighted by atomic mass is 9.92. The minimum atomic E-state index is -2.55. The van der Waals surface area contributed by atoms with Gasteiger partial charge in [-0.15, -0.1) is 0 Å². The maximum atomic E-state index is 14.4. The second kappa shape index (κ2) is 34.3. The highest BCUT2D eigenvalue weighted by Gasteiger charge is 2.53. The van der Waals surface area contributed by atoms with E-state index < -0.39 is 65.4 Å². The summed E-state index contributed by atoms with van der Waals surface area (Å²) in [6.45, 7) is 46.2. The fourth-order valence-corrected chi connectivity index (χ4v) is 15.4. The Bertz CT molecular complexity index is 3700. The van der Waals surface area contributed by atoms with Crippen LogP contribution >= 0.6 is 0 Å². The van der Waals surface area contributed by atoms with Gasteiger partial charge in [0.2, 0.25) is 11.8 Å². The number of rotatable bonds is 24. The molecule has 0 spiro atoms. The number of carbonyl (C=O) groups is 8. The van der Waals surface area contributed by atoms with E-state index in [0.717, 1.165) is 45.4 Å². The van der Waals surface area contributed by atoms with Crippen LogP contribution in [0.2, 0.25) is 36.3 Å². The molecular formula is C83H116N6O13Si2. The fraction of sp³-hybridized carbons (Fsp3) is 0.518. The summed E-state index contributed by atoms with van der Waals surface area (Å²) in [4.78, 5) is 115. The molecular weight excluding hydrogens is 1350 g/mol. The van der Waals surface area contributed by atoms with E-state index in [1.165, 1.54) is 11.0 Å². The fourth-order valence-electron chi connectivity index (χ4n) is 13.0. The molecule has 19 nitrogen and oxygen atoms in total. The van der Waals surface area contributed by atoms with Crippen LogP contribution in [0.5, 0.6) is 5.75 Å². The molecule has 8 rings (SSSR count). The van der Waals surface area contributed by atoms with Crippen LogP contribution in [0.1, 0.15) is 196 Å². The van der Waals surface area contributed by atoms with Crippen LogP contribution in [0.25, 0.3) is 0 Å². The molecule has 0 fully saturated rings. The second-order valence-corrected chi connectivity index (χ2v) is 41.8. The molecule has 0 radical (unpaired) electrons. The number of anilines is 2. The zero-order chi connectivity index (χ0) is 77.4. The van der Waals surface area contributed by atoms with Gasteiger partial charge in [-0.1, -0.05) is 156 Å². The molecule has 0 aliphatic carbocycles. The summed E-state index contributed by atoms with van der Waals surface area (Å²) in [5, 5.41) is 16.2. The van der Waals surface area contributed by atoms with Gasteiger partial charge >= 0.3 is 12.2 Å². The number of nitrogens with zero attached hydrogens (tertiary/aromatic N) is 4. The molecule has 0 aromatic heterocycles. The first-order chi connectivity index (χ1) is 48.6. The number of allylic oxidation sites excluding steroid dienone is 4. The van der Waals surface area contributed by atoms with Gasteiger partial charge in [0.1, 0.15) is 19.0 Å². The monoisotopic (exact) mass is 1460 g/mol. The van der Waals surface area contributed by atoms with Gasteiger partial charge < -0.3 is 43.9 Å². The number of hydrogen-bond donors (Lipinski definition) is 3. The van der Waals surface area contributed by atoms with Crippen molar-refractivity contribution in [2.45, 2.75) is 256 Å². The first-order valence-electron chi connectivity index (χ1n) is 36.9. The van der Waals surface area contributed by atoms with Crippen molar-refractivity contribution in [2.75, 3.05) is 9.80 Å². The minimum Gasteiger partial charge on any atom is -0.508 e. The number of ether oxygens (including phenoxy) is 2. The third-order valence-corrected chi connectivity index (χ3v) is 30.6. The number of carbonyl (C=O) groups excluding carboxylic acids is 8. The second-order valence-electron chi connectivity index (χ2n) is 32.3. The SMILES string of the molecule is C/C=C/C1=CN2C(=O)c3cc(C)c(C)cc3N(C(=O)OCc3ccc(CC(=O)[C@H](C)NC(=O)[C@@H](CC)C(C)C)cc3)[C@@H](O[Si](C)(C)C(C)(C)C)[C@@H]2C1.C/C=C/C1=CN2C(=O)c3cc(C)c(O)cc3N(C(=O)OCc3ccc(CC(=O)[C@H](C)NC(=O)[C@@H](CC)C(C)C)cc3)[C@@H](O[Si](C)(C)C(C)(C)C)[C@@H]2C1. The van der Waals surface area contributed by atoms with E-state index in [2.05, 4.69) is 78.4 Å². The molecule has 0 saturated heterocycles. The van der Waals surface area contributed by atoms with Crippen LogP contribution in [0.3, 0.4) is 0 Å². The van der Waals surface area contributed by atoms with Crippen LogP contribution in [0, 0.1) is 44.4 Å². The topological polar surface area (TPSA) is 231 Å². The summed E-state index contributed by atoms with van der Waals surface area (Å²) in [5.74, 6) is -0.785. The summed E-state index contributed by atoms with van der Waals surface area (Å²) in [5.41, 5.74) is 8.77. The lowest BCUT2D eigenvalue weighted by Gasteiger charge is -2.44. The number of fused-ring (bicyclic) bond motifs is 4. The highest BCUT2D eigenvalue weighted by Crippen LogP contribution is 2.47. The highest BCUT2D eigenvalue weighted by atomic mass is 28.4. The molecule has 3 N–H and O–H groups in total. The third kappa shape index (κ3) is 19.4. The van der Waals surface area contributed by atoms with Crippen molar-refractivity contribution in [3.8, 4) is 5.75 Å². The van der Waals surface area contributed by atoms with Gasteiger partial charge in [0.25, 0.3) is 11.8 Å². The number of ketones is 2. The molecule has 0 bridgehead atoms. The Hall–Kier alpha value is -8.25. The van der Waals surface area contributed by atoms with Crippen molar-refractivity contribution in [1.82, 2.24) is 20.4 Å². The van der Waals surface area contributed by atoms with Gasteiger partial charge in [-0.2, -0.15) is 0 Å². The quantitative estimate of drug-likeness (QED) is 0.0555. The summed E-state index contributed by atoms with van der Waals surface area (Å²) in [7, 11) is -5.04. The number of Topliss-reactive ketones (excluding diaryl/α,β-unsaturated/α-hetero) is 2. The smallest absolute Gasteiger partial charge is 0.416 e. The van der Waals surface area contributed by atoms with E-state index in [-0.39, 0.29) is 112 Å². The van der Waals surface area contributed by atoms with Gasteiger partial charge in [0, 0.05) is 43.1 Å². The Labute approximate surface area is 620 Å². The van der Waals surface area contributed by atoms with Gasteiger partial charge in [-0.05, 0) is 191 Å². The van der Waals surface area contributed by atoms with E-state index in [4.69, 9.17) is 18.3 Å². The summed E-state index contributed by atoms with van der Waals surface area (Å²) in [6.07, 6.45) is 11.3. The average molecular weight is 1460 g/mol. The number of phenolic OH excluding ortho intramolecular Hbond substituents is 1. The first kappa shape index (κ1) is 83.0. The number of nitrogens with one attached hydrogen (secondary N) is 2. The molecule has 21 heteroatoms. The summed E-state index contributed by atoms with van der Waals surface area (Å²) < 4.78 is 26.1. The van der Waals surface area contributed by atoms with Crippen molar-refractivity contribution in [2.24, 2.45) is 23.7 Å². The summed E-state index contributed by atoms with van der Waals surface area (Å²) >= 11 is 0. The van der Waals surface area contributed by atoms with Crippen LogP contribution in [-0.2, 0) is 63.6 Å². The number of aryl methyl sites for hydroxylation is 3. The largest absolute Gasteiger partial charge is 0.508 e. The van der Waals surface area contributed by atoms with Crippen molar-refractivity contribution in [1.29, 1.82) is 0 Å². The molecule has 4 heterocycles. The van der Waals surface area contributed by atoms with E-state index in [9.17, 15) is 43.5 Å². The number of amides is 6. The normalized spacial score (nSPS) is 18.9. The predicted molar refractivity (Wildman–Crippen MR) is 416 cm³/mol. The Kier molecular flexibility index (Phi) is 27.4. The molecule has 4 aromatic carbocycles. The lowest BCUT2D eigenvalue weighted by Crippen LogP contribution is -2.57. The third-order valence-electron chi connectivity index (χ3n) is 21.7. The highest BCUT2D eigenvalue weighted by molar-refractivity contribution is 6.74. The van der Waals surface area contributed by atoms with Crippen molar-refractivity contribution < 1.29 is 61.8 Å². The van der Waals surface area contributed by atoms with Crippen molar-refractivity contribution in [3.63, 3.8) is 0 Å². The number of phenols is 1. The molecule has 564 valence electrons. The number of benzene rings is 4. The molecule has 104 heavy (non-hydrogen) atoms. The van der Waals surface area contributed by atoms with Crippen molar-refractivity contribution in [3.05, 3.63) is 171 Å². The zero-order valence-corrected chi connectivity index (χ0v) is 68.0. The zero-order valence-electron chi connectivity index (χ0n) is 66.0. The Morgan fingerprint density at radius 2 is 0.875 bits per heavy atom. The summed E-state index contributed by atoms with van der Waals surface area (Å²) in [6, 6.07) is 19.2. The molecule has 4 aromatic rings. The Morgan fingerprint density at radius 1 is 0.538 bits per heavy atom. The molecule has 8 atom stereocenters. The van der Waals surface area contributed by atoms with Gasteiger partial charge in [-0.3, -0.25) is 28.8 Å². The van der Waals surface area contributed by atoms with Gasteiger partial charge in [0.05, 0.1) is 46.7 Å². The van der Waals surface area contributed by atoms with Crippen LogP contribution in [-0.4, -0.2) is 116 Å².